The summed E-state index contributed by atoms with van der Waals surface area (Å²) in [5.41, 5.74) is 1.58. The predicted molar refractivity (Wildman–Crippen MR) is 120 cm³/mol. The minimum atomic E-state index is -0.486. The number of thiophene rings is 1. The van der Waals surface area contributed by atoms with Crippen LogP contribution in [-0.2, 0) is 16.1 Å². The topological polar surface area (TPSA) is 99.2 Å². The van der Waals surface area contributed by atoms with Crippen LogP contribution in [0.15, 0.2) is 20.5 Å². The van der Waals surface area contributed by atoms with E-state index in [1.807, 2.05) is 20.8 Å². The summed E-state index contributed by atoms with van der Waals surface area (Å²) in [5.74, 6) is 0.0527. The zero-order valence-electron chi connectivity index (χ0n) is 17.8. The van der Waals surface area contributed by atoms with E-state index in [0.717, 1.165) is 10.4 Å². The van der Waals surface area contributed by atoms with Gasteiger partial charge in [-0.3, -0.25) is 19.5 Å². The average Bonchev–Trinajstić information content (AvgIpc) is 3.23. The highest BCUT2D eigenvalue weighted by Crippen LogP contribution is 2.30. The first kappa shape index (κ1) is 22.5. The predicted octanol–water partition coefficient (Wildman–Crippen LogP) is 3.92. The molecule has 0 aliphatic carbocycles. The number of carbonyl (C=O) groups excluding carboxylic acids is 1. The minimum absolute atomic E-state index is 0.0701. The van der Waals surface area contributed by atoms with E-state index in [2.05, 4.69) is 10.5 Å². The first-order valence-electron chi connectivity index (χ1n) is 9.81. The Hall–Kier alpha value is -2.17. The summed E-state index contributed by atoms with van der Waals surface area (Å²) in [5, 5.41) is 7.18. The van der Waals surface area contributed by atoms with E-state index in [-0.39, 0.29) is 11.5 Å². The minimum Gasteiger partial charge on any atom is -0.382 e. The number of nitrogens with zero attached hydrogens (tertiary/aromatic N) is 3. The Labute approximate surface area is 183 Å². The molecule has 0 bridgehead atoms. The second-order valence-corrected chi connectivity index (χ2v) is 9.46. The van der Waals surface area contributed by atoms with Crippen LogP contribution in [0.2, 0.25) is 0 Å². The monoisotopic (exact) mass is 450 g/mol. The highest BCUT2D eigenvalue weighted by molar-refractivity contribution is 8.00. The number of ether oxygens (including phenoxy) is 1. The van der Waals surface area contributed by atoms with Crippen LogP contribution in [0.25, 0.3) is 10.2 Å². The Balaban J connectivity index is 1.88. The molecule has 0 fully saturated rings. The maximum atomic E-state index is 13.2. The molecule has 0 radical (unpaired) electrons. The van der Waals surface area contributed by atoms with Gasteiger partial charge in [-0.15, -0.1) is 11.3 Å². The number of amides is 1. The maximum absolute atomic E-state index is 13.2. The Morgan fingerprint density at radius 1 is 1.40 bits per heavy atom. The van der Waals surface area contributed by atoms with E-state index >= 15 is 0 Å². The first-order chi connectivity index (χ1) is 14.3. The lowest BCUT2D eigenvalue weighted by Gasteiger charge is -2.15. The molecule has 1 amide bonds. The van der Waals surface area contributed by atoms with Gasteiger partial charge in [0.1, 0.15) is 4.83 Å². The number of hydrogen-bond acceptors (Lipinski definition) is 8. The molecule has 0 aromatic carbocycles. The molecule has 10 heteroatoms. The van der Waals surface area contributed by atoms with Crippen LogP contribution in [-0.4, -0.2) is 39.1 Å². The van der Waals surface area contributed by atoms with E-state index in [4.69, 9.17) is 14.2 Å². The van der Waals surface area contributed by atoms with E-state index < -0.39 is 5.25 Å². The molecule has 30 heavy (non-hydrogen) atoms. The van der Waals surface area contributed by atoms with Gasteiger partial charge in [-0.05, 0) is 46.6 Å². The third-order valence-corrected chi connectivity index (χ3v) is 6.85. The molecule has 1 unspecified atom stereocenters. The van der Waals surface area contributed by atoms with Gasteiger partial charge in [0.2, 0.25) is 11.8 Å². The van der Waals surface area contributed by atoms with Crippen LogP contribution in [0.5, 0.6) is 0 Å². The van der Waals surface area contributed by atoms with Crippen LogP contribution < -0.4 is 10.9 Å². The number of nitrogens with one attached hydrogen (secondary N) is 1. The van der Waals surface area contributed by atoms with Crippen molar-refractivity contribution in [3.8, 4) is 0 Å². The first-order valence-corrected chi connectivity index (χ1v) is 11.5. The summed E-state index contributed by atoms with van der Waals surface area (Å²) < 4.78 is 12.1. The highest BCUT2D eigenvalue weighted by atomic mass is 32.2. The Morgan fingerprint density at radius 2 is 2.17 bits per heavy atom. The van der Waals surface area contributed by atoms with Crippen LogP contribution in [0, 0.1) is 20.8 Å². The molecular weight excluding hydrogens is 424 g/mol. The third kappa shape index (κ3) is 4.93. The quantitative estimate of drug-likeness (QED) is 0.300. The number of carbonyl (C=O) groups is 1. The number of thioether (sulfide) groups is 1. The second-order valence-electron chi connectivity index (χ2n) is 6.95. The number of fused-ring (bicyclic) bond motifs is 1. The molecule has 8 nitrogen and oxygen atoms in total. The highest BCUT2D eigenvalue weighted by Gasteiger charge is 2.22. The largest absolute Gasteiger partial charge is 0.382 e. The third-order valence-electron chi connectivity index (χ3n) is 4.65. The van der Waals surface area contributed by atoms with E-state index in [1.54, 1.807) is 24.5 Å². The van der Waals surface area contributed by atoms with Crippen LogP contribution >= 0.6 is 23.1 Å². The summed E-state index contributed by atoms with van der Waals surface area (Å²) in [7, 11) is 0. The lowest BCUT2D eigenvalue weighted by Crippen LogP contribution is -2.27. The molecule has 0 aliphatic heterocycles. The van der Waals surface area contributed by atoms with Gasteiger partial charge in [-0.25, -0.2) is 4.98 Å². The van der Waals surface area contributed by atoms with Crippen molar-refractivity contribution in [1.82, 2.24) is 14.7 Å². The van der Waals surface area contributed by atoms with Crippen molar-refractivity contribution in [3.63, 3.8) is 0 Å². The lowest BCUT2D eigenvalue weighted by atomic mass is 10.2. The van der Waals surface area contributed by atoms with E-state index in [9.17, 15) is 9.59 Å². The number of aryl methyl sites for hydroxylation is 3. The molecular formula is C20H26N4O4S2. The van der Waals surface area contributed by atoms with Gasteiger partial charge in [-0.2, -0.15) is 0 Å². The zero-order chi connectivity index (χ0) is 21.8. The van der Waals surface area contributed by atoms with Gasteiger partial charge in [-0.1, -0.05) is 16.9 Å². The maximum Gasteiger partial charge on any atom is 0.263 e. The van der Waals surface area contributed by atoms with Crippen molar-refractivity contribution in [1.29, 1.82) is 0 Å². The van der Waals surface area contributed by atoms with Gasteiger partial charge < -0.3 is 9.26 Å². The molecule has 0 aliphatic rings. The van der Waals surface area contributed by atoms with Crippen molar-refractivity contribution in [2.75, 3.05) is 18.5 Å². The van der Waals surface area contributed by atoms with Gasteiger partial charge in [0, 0.05) is 30.7 Å². The smallest absolute Gasteiger partial charge is 0.263 e. The Morgan fingerprint density at radius 3 is 2.83 bits per heavy atom. The SMILES string of the molecule is CCOCCCn1c(SC(C)C(=O)Nc2cc(C)no2)nc2sc(C)c(C)c2c1=O. The van der Waals surface area contributed by atoms with E-state index in [1.165, 1.54) is 23.1 Å². The van der Waals surface area contributed by atoms with Crippen molar-refractivity contribution in [3.05, 3.63) is 32.6 Å². The molecule has 0 saturated heterocycles. The van der Waals surface area contributed by atoms with Crippen molar-refractivity contribution >= 4 is 45.1 Å². The van der Waals surface area contributed by atoms with Crippen molar-refractivity contribution in [2.45, 2.75) is 58.0 Å². The molecule has 0 saturated carbocycles. The van der Waals surface area contributed by atoms with E-state index in [0.29, 0.717) is 53.1 Å². The Kier molecular flexibility index (Phi) is 7.32. The van der Waals surface area contributed by atoms with Gasteiger partial charge in [0.05, 0.1) is 16.3 Å². The molecule has 1 N–H and O–H groups in total. The second kappa shape index (κ2) is 9.76. The molecule has 0 spiro atoms. The number of rotatable bonds is 9. The lowest BCUT2D eigenvalue weighted by molar-refractivity contribution is -0.115. The van der Waals surface area contributed by atoms with Gasteiger partial charge >= 0.3 is 0 Å². The summed E-state index contributed by atoms with van der Waals surface area (Å²) in [6.45, 7) is 11.1. The fourth-order valence-electron chi connectivity index (χ4n) is 2.92. The molecule has 3 aromatic rings. The average molecular weight is 451 g/mol. The summed E-state index contributed by atoms with van der Waals surface area (Å²) >= 11 is 2.76. The molecule has 1 atom stereocenters. The Bertz CT molecular complexity index is 1100. The van der Waals surface area contributed by atoms with Crippen LogP contribution in [0.1, 0.15) is 36.4 Å². The number of hydrogen-bond donors (Lipinski definition) is 1. The standard InChI is InChI=1S/C20H26N4O4S2/c1-6-27-9-7-8-24-19(26)16-12(3)13(4)29-18(16)22-20(24)30-14(5)17(25)21-15-10-11(2)23-28-15/h10,14H,6-9H2,1-5H3,(H,21,25). The summed E-state index contributed by atoms with van der Waals surface area (Å²) in [6, 6.07) is 1.65. The van der Waals surface area contributed by atoms with Gasteiger partial charge in [0.15, 0.2) is 5.16 Å². The summed E-state index contributed by atoms with van der Waals surface area (Å²) in [6.07, 6.45) is 0.689. The number of aromatic nitrogens is 3. The van der Waals surface area contributed by atoms with Crippen molar-refractivity contribution < 1.29 is 14.1 Å². The number of anilines is 1. The molecule has 162 valence electrons. The fourth-order valence-corrected chi connectivity index (χ4v) is 4.93. The van der Waals surface area contributed by atoms with Crippen molar-refractivity contribution in [2.24, 2.45) is 0 Å². The molecule has 3 heterocycles. The van der Waals surface area contributed by atoms with Gasteiger partial charge in [0.25, 0.3) is 5.56 Å². The zero-order valence-corrected chi connectivity index (χ0v) is 19.4. The van der Waals surface area contributed by atoms with Crippen LogP contribution in [0.3, 0.4) is 0 Å². The normalized spacial score (nSPS) is 12.4. The summed E-state index contributed by atoms with van der Waals surface area (Å²) in [4.78, 5) is 32.4. The van der Waals surface area contributed by atoms with Crippen LogP contribution in [0.4, 0.5) is 5.88 Å². The molecule has 3 rings (SSSR count). The molecule has 3 aromatic heterocycles. The fraction of sp³-hybridized carbons (Fsp3) is 0.500.